The van der Waals surface area contributed by atoms with E-state index in [-0.39, 0.29) is 11.8 Å². The minimum atomic E-state index is -0.629. The van der Waals surface area contributed by atoms with E-state index in [2.05, 4.69) is 39.8 Å². The molecule has 1 atom stereocenters. The van der Waals surface area contributed by atoms with Gasteiger partial charge in [-0.15, -0.1) is 0 Å². The van der Waals surface area contributed by atoms with E-state index in [1.54, 1.807) is 31.2 Å². The number of carbonyl (C=O) groups excluding carboxylic acids is 2. The fourth-order valence-corrected chi connectivity index (χ4v) is 3.44. The zero-order valence-electron chi connectivity index (χ0n) is 15.4. The van der Waals surface area contributed by atoms with Gasteiger partial charge < -0.3 is 10.6 Å². The first-order valence-electron chi connectivity index (χ1n) is 9.17. The molecule has 1 heterocycles. The van der Waals surface area contributed by atoms with Crippen LogP contribution >= 0.6 is 11.6 Å². The Bertz CT molecular complexity index is 825. The smallest absolute Gasteiger partial charge is 0.253 e. The van der Waals surface area contributed by atoms with Crippen molar-refractivity contribution in [2.45, 2.75) is 25.9 Å². The molecule has 2 N–H and O–H groups in total. The Labute approximate surface area is 164 Å². The van der Waals surface area contributed by atoms with Crippen molar-refractivity contribution in [3.63, 3.8) is 0 Å². The molecule has 1 aliphatic rings. The Morgan fingerprint density at radius 3 is 2.59 bits per heavy atom. The number of hydrogen-bond acceptors (Lipinski definition) is 3. The Morgan fingerprint density at radius 1 is 1.11 bits per heavy atom. The van der Waals surface area contributed by atoms with Gasteiger partial charge in [-0.05, 0) is 36.6 Å². The molecule has 0 spiro atoms. The number of rotatable bonds is 6. The largest absolute Gasteiger partial charge is 0.353 e. The van der Waals surface area contributed by atoms with Crippen LogP contribution in [0.25, 0.3) is 0 Å². The molecule has 1 aliphatic heterocycles. The van der Waals surface area contributed by atoms with Crippen LogP contribution in [0.3, 0.4) is 0 Å². The van der Waals surface area contributed by atoms with Crippen LogP contribution in [-0.4, -0.2) is 42.4 Å². The maximum atomic E-state index is 12.3. The maximum absolute atomic E-state index is 12.3. The Balaban J connectivity index is 1.43. The van der Waals surface area contributed by atoms with Crippen molar-refractivity contribution in [2.24, 2.45) is 0 Å². The highest BCUT2D eigenvalue weighted by molar-refractivity contribution is 6.33. The van der Waals surface area contributed by atoms with Crippen LogP contribution in [0.1, 0.15) is 28.4 Å². The predicted octanol–water partition coefficient (Wildman–Crippen LogP) is 2.63. The van der Waals surface area contributed by atoms with Crippen LogP contribution in [0.15, 0.2) is 48.5 Å². The molecule has 0 saturated carbocycles. The number of nitrogens with one attached hydrogen (secondary N) is 2. The zero-order valence-corrected chi connectivity index (χ0v) is 16.1. The predicted molar refractivity (Wildman–Crippen MR) is 107 cm³/mol. The second-order valence-electron chi connectivity index (χ2n) is 6.76. The van der Waals surface area contributed by atoms with Crippen LogP contribution < -0.4 is 10.6 Å². The van der Waals surface area contributed by atoms with Crippen molar-refractivity contribution in [3.8, 4) is 0 Å². The number of nitrogens with zero attached hydrogens (tertiary/aromatic N) is 1. The van der Waals surface area contributed by atoms with Gasteiger partial charge in [0.25, 0.3) is 5.91 Å². The van der Waals surface area contributed by atoms with Crippen LogP contribution in [0.2, 0.25) is 5.02 Å². The van der Waals surface area contributed by atoms with Crippen LogP contribution in [-0.2, 0) is 17.8 Å². The number of hydrogen-bond donors (Lipinski definition) is 2. The average Bonchev–Trinajstić information content (AvgIpc) is 2.68. The van der Waals surface area contributed by atoms with Gasteiger partial charge in [-0.25, -0.2) is 0 Å². The van der Waals surface area contributed by atoms with Gasteiger partial charge in [0.05, 0.1) is 10.6 Å². The van der Waals surface area contributed by atoms with Gasteiger partial charge >= 0.3 is 0 Å². The number of halogens is 1. The van der Waals surface area contributed by atoms with Crippen molar-refractivity contribution in [3.05, 3.63) is 70.2 Å². The van der Waals surface area contributed by atoms with E-state index in [1.165, 1.54) is 11.1 Å². The van der Waals surface area contributed by atoms with Gasteiger partial charge in [0, 0.05) is 26.2 Å². The van der Waals surface area contributed by atoms with E-state index >= 15 is 0 Å². The van der Waals surface area contributed by atoms with Gasteiger partial charge in [0.2, 0.25) is 5.91 Å². The number of amides is 2. The van der Waals surface area contributed by atoms with E-state index in [0.717, 1.165) is 26.1 Å². The third kappa shape index (κ3) is 5.08. The normalized spacial score (nSPS) is 14.9. The van der Waals surface area contributed by atoms with Crippen LogP contribution in [0.5, 0.6) is 0 Å². The van der Waals surface area contributed by atoms with Crippen molar-refractivity contribution < 1.29 is 9.59 Å². The number of benzene rings is 2. The molecule has 0 aromatic heterocycles. The molecule has 142 valence electrons. The molecule has 5 nitrogen and oxygen atoms in total. The molecular weight excluding hydrogens is 362 g/mol. The third-order valence-electron chi connectivity index (χ3n) is 4.80. The molecule has 0 saturated heterocycles. The van der Waals surface area contributed by atoms with Crippen LogP contribution in [0, 0.1) is 0 Å². The summed E-state index contributed by atoms with van der Waals surface area (Å²) in [5.41, 5.74) is 3.13. The van der Waals surface area contributed by atoms with E-state index < -0.39 is 6.04 Å². The van der Waals surface area contributed by atoms with Gasteiger partial charge in [0.15, 0.2) is 0 Å². The van der Waals surface area contributed by atoms with Crippen molar-refractivity contribution in [1.82, 2.24) is 15.5 Å². The summed E-state index contributed by atoms with van der Waals surface area (Å²) >= 11 is 6.02. The van der Waals surface area contributed by atoms with Gasteiger partial charge in [-0.1, -0.05) is 48.0 Å². The minimum absolute atomic E-state index is 0.201. The summed E-state index contributed by atoms with van der Waals surface area (Å²) in [5.74, 6) is -0.552. The summed E-state index contributed by atoms with van der Waals surface area (Å²) in [4.78, 5) is 26.8. The molecular formula is C21H24ClN3O2. The molecule has 27 heavy (non-hydrogen) atoms. The Kier molecular flexibility index (Phi) is 6.48. The first kappa shape index (κ1) is 19.4. The van der Waals surface area contributed by atoms with Gasteiger partial charge in [-0.2, -0.15) is 0 Å². The standard InChI is InChI=1S/C21H24ClN3O2/c1-15(24-21(27)18-8-4-5-9-19(18)22)20(26)23-11-13-25-12-10-16-6-2-3-7-17(16)14-25/h2-9,15H,10-14H2,1H3,(H,23,26)(H,24,27). The van der Waals surface area contributed by atoms with E-state index in [4.69, 9.17) is 11.6 Å². The summed E-state index contributed by atoms with van der Waals surface area (Å²) in [6, 6.07) is 14.6. The van der Waals surface area contributed by atoms with E-state index in [1.807, 2.05) is 0 Å². The van der Waals surface area contributed by atoms with Gasteiger partial charge in [-0.3, -0.25) is 14.5 Å². The maximum Gasteiger partial charge on any atom is 0.253 e. The SMILES string of the molecule is CC(NC(=O)c1ccccc1Cl)C(=O)NCCN1CCc2ccccc2C1. The molecule has 0 radical (unpaired) electrons. The van der Waals surface area contributed by atoms with E-state index in [0.29, 0.717) is 17.1 Å². The highest BCUT2D eigenvalue weighted by Crippen LogP contribution is 2.18. The summed E-state index contributed by atoms with van der Waals surface area (Å²) in [7, 11) is 0. The number of fused-ring (bicyclic) bond motifs is 1. The Morgan fingerprint density at radius 2 is 1.81 bits per heavy atom. The molecule has 0 fully saturated rings. The molecule has 0 bridgehead atoms. The molecule has 1 unspecified atom stereocenters. The molecule has 2 amide bonds. The average molecular weight is 386 g/mol. The van der Waals surface area contributed by atoms with Crippen LogP contribution in [0.4, 0.5) is 0 Å². The molecule has 6 heteroatoms. The minimum Gasteiger partial charge on any atom is -0.353 e. The fourth-order valence-electron chi connectivity index (χ4n) is 3.22. The molecule has 2 aromatic carbocycles. The zero-order chi connectivity index (χ0) is 19.2. The molecule has 3 rings (SSSR count). The summed E-state index contributed by atoms with van der Waals surface area (Å²) in [6.07, 6.45) is 1.04. The summed E-state index contributed by atoms with van der Waals surface area (Å²) < 4.78 is 0. The summed E-state index contributed by atoms with van der Waals surface area (Å²) in [6.45, 7) is 4.90. The first-order valence-corrected chi connectivity index (χ1v) is 9.54. The molecule has 0 aliphatic carbocycles. The second-order valence-corrected chi connectivity index (χ2v) is 7.17. The highest BCUT2D eigenvalue weighted by atomic mass is 35.5. The summed E-state index contributed by atoms with van der Waals surface area (Å²) in [5, 5.41) is 5.95. The lowest BCUT2D eigenvalue weighted by Crippen LogP contribution is -2.47. The van der Waals surface area contributed by atoms with Gasteiger partial charge in [0.1, 0.15) is 6.04 Å². The second kappa shape index (κ2) is 9.02. The lowest BCUT2D eigenvalue weighted by Gasteiger charge is -2.28. The van der Waals surface area contributed by atoms with Crippen molar-refractivity contribution in [2.75, 3.05) is 19.6 Å². The Hall–Kier alpha value is -2.37. The fraction of sp³-hybridized carbons (Fsp3) is 0.333. The lowest BCUT2D eigenvalue weighted by molar-refractivity contribution is -0.122. The third-order valence-corrected chi connectivity index (χ3v) is 5.13. The highest BCUT2D eigenvalue weighted by Gasteiger charge is 2.19. The first-order chi connectivity index (χ1) is 13.0. The van der Waals surface area contributed by atoms with Crippen molar-refractivity contribution in [1.29, 1.82) is 0 Å². The quantitative estimate of drug-likeness (QED) is 0.803. The molecule has 2 aromatic rings. The monoisotopic (exact) mass is 385 g/mol. The number of carbonyl (C=O) groups is 2. The van der Waals surface area contributed by atoms with Crippen molar-refractivity contribution >= 4 is 23.4 Å². The topological polar surface area (TPSA) is 61.4 Å². The van der Waals surface area contributed by atoms with E-state index in [9.17, 15) is 9.59 Å². The lowest BCUT2D eigenvalue weighted by atomic mass is 10.00.